The van der Waals surface area contributed by atoms with Gasteiger partial charge in [-0.05, 0) is 18.6 Å². The fourth-order valence-electron chi connectivity index (χ4n) is 8.58. The van der Waals surface area contributed by atoms with Crippen molar-refractivity contribution in [1.29, 1.82) is 0 Å². The lowest BCUT2D eigenvalue weighted by Crippen LogP contribution is -2.65. The first-order valence-corrected chi connectivity index (χ1v) is 19.0. The molecule has 0 aliphatic carbocycles. The summed E-state index contributed by atoms with van der Waals surface area (Å²) < 4.78 is 301. The van der Waals surface area contributed by atoms with Crippen molar-refractivity contribution in [2.75, 3.05) is 12.3 Å². The Labute approximate surface area is 319 Å². The smallest absolute Gasteiger partial charge is 0.207 e. The minimum atomic E-state index is -4.58. The Balaban J connectivity index is 1.69. The zero-order chi connectivity index (χ0) is 43.8. The van der Waals surface area contributed by atoms with E-state index in [4.69, 9.17) is 0 Å². The fourth-order valence-corrected chi connectivity index (χ4v) is 15.1. The quantitative estimate of drug-likeness (QED) is 0.0457. The van der Waals surface area contributed by atoms with Crippen molar-refractivity contribution in [3.63, 3.8) is 0 Å². The second-order valence-electron chi connectivity index (χ2n) is 13.6. The van der Waals surface area contributed by atoms with Crippen LogP contribution in [0.2, 0.25) is 12.6 Å². The van der Waals surface area contributed by atoms with Gasteiger partial charge in [0.05, 0.1) is 5.30 Å². The molecule has 5 aromatic carbocycles. The van der Waals surface area contributed by atoms with Crippen LogP contribution in [0.15, 0.2) is 30.3 Å². The third kappa shape index (κ3) is 6.28. The molecule has 1 aliphatic heterocycles. The average molecular weight is 882 g/mol. The predicted molar refractivity (Wildman–Crippen MR) is 177 cm³/mol. The molecule has 0 radical (unpaired) electrons. The number of rotatable bonds is 9. The molecule has 0 bridgehead atoms. The third-order valence-corrected chi connectivity index (χ3v) is 17.0. The first-order valence-electron chi connectivity index (χ1n) is 16.8. The Hall–Kier alpha value is -4.74. The molecular formula is C36H17B2F20P. The molecule has 1 aliphatic rings. The van der Waals surface area contributed by atoms with E-state index >= 15 is 52.7 Å². The zero-order valence-electron chi connectivity index (χ0n) is 28.8. The molecule has 59 heavy (non-hydrogen) atoms. The van der Waals surface area contributed by atoms with Crippen LogP contribution in [-0.2, 0) is 0 Å². The van der Waals surface area contributed by atoms with Gasteiger partial charge in [0, 0.05) is 23.2 Å². The topological polar surface area (TPSA) is 0 Å². The maximum absolute atomic E-state index is 16.1. The molecule has 0 aromatic heterocycles. The van der Waals surface area contributed by atoms with E-state index in [2.05, 4.69) is 0 Å². The van der Waals surface area contributed by atoms with Gasteiger partial charge in [-0.2, -0.15) is 0 Å². The van der Waals surface area contributed by atoms with Crippen molar-refractivity contribution in [3.05, 3.63) is 147 Å². The highest BCUT2D eigenvalue weighted by atomic mass is 31.2. The van der Waals surface area contributed by atoms with Crippen molar-refractivity contribution in [3.8, 4) is 0 Å². The van der Waals surface area contributed by atoms with Crippen molar-refractivity contribution >= 4 is 46.9 Å². The molecule has 312 valence electrons. The highest BCUT2D eigenvalue weighted by Crippen LogP contribution is 2.72. The Kier molecular flexibility index (Phi) is 11.7. The summed E-state index contributed by atoms with van der Waals surface area (Å²) >= 11 is 0. The van der Waals surface area contributed by atoms with Crippen LogP contribution in [0.5, 0.6) is 0 Å². The molecule has 0 saturated carbocycles. The zero-order valence-corrected chi connectivity index (χ0v) is 29.7. The summed E-state index contributed by atoms with van der Waals surface area (Å²) in [7, 11) is -4.54. The largest absolute Gasteiger partial charge is 0.237 e. The summed E-state index contributed by atoms with van der Waals surface area (Å²) in [5, 5.41) is -0.311. The van der Waals surface area contributed by atoms with Crippen LogP contribution in [0.1, 0.15) is 12.8 Å². The van der Waals surface area contributed by atoms with Gasteiger partial charge in [-0.15, -0.1) is 13.5 Å². The molecular weight excluding hydrogens is 865 g/mol. The van der Waals surface area contributed by atoms with Crippen LogP contribution < -0.4 is 27.2 Å². The van der Waals surface area contributed by atoms with Crippen LogP contribution >= 0.6 is 7.14 Å². The fraction of sp³-hybridized carbons (Fsp3) is 0.167. The lowest BCUT2D eigenvalue weighted by atomic mass is 9.35. The van der Waals surface area contributed by atoms with Crippen LogP contribution in [0.25, 0.3) is 0 Å². The number of benzene rings is 5. The summed E-state index contributed by atoms with van der Waals surface area (Å²) in [6.07, 6.45) is -6.03. The van der Waals surface area contributed by atoms with Gasteiger partial charge >= 0.3 is 0 Å². The Morgan fingerprint density at radius 2 is 0.712 bits per heavy atom. The van der Waals surface area contributed by atoms with Gasteiger partial charge in [0.15, 0.2) is 93.1 Å². The number of halogens is 20. The molecule has 0 spiro atoms. The maximum Gasteiger partial charge on any atom is 0.237 e. The van der Waals surface area contributed by atoms with Crippen LogP contribution in [0.4, 0.5) is 87.8 Å². The average Bonchev–Trinajstić information content (AvgIpc) is 3.60. The molecule has 6 rings (SSSR count). The molecule has 0 N–H and O–H groups in total. The second kappa shape index (κ2) is 15.7. The SMILES string of the molecule is Fc1c(F)c(F)c(B(CCC[P+]2(c3ccccc3)CCC[B-]2(c2c(F)c(F)c(F)c(F)c2F)c2c(F)c(F)c(F)c(F)c2F)c2c(F)c(F)c(F)c(F)c2F)c(F)c1F. The van der Waals surface area contributed by atoms with E-state index in [1.165, 1.54) is 6.07 Å². The van der Waals surface area contributed by atoms with E-state index in [-0.39, 0.29) is 5.30 Å². The van der Waals surface area contributed by atoms with E-state index in [1.54, 1.807) is 0 Å². The predicted octanol–water partition coefficient (Wildman–Crippen LogP) is 8.97. The molecule has 1 fully saturated rings. The highest BCUT2D eigenvalue weighted by molar-refractivity contribution is 8.16. The van der Waals surface area contributed by atoms with Crippen LogP contribution in [-0.4, -0.2) is 24.9 Å². The van der Waals surface area contributed by atoms with E-state index in [9.17, 15) is 35.1 Å². The molecule has 1 saturated heterocycles. The van der Waals surface area contributed by atoms with Gasteiger partial charge < -0.3 is 0 Å². The van der Waals surface area contributed by atoms with E-state index in [0.29, 0.717) is 0 Å². The summed E-state index contributed by atoms with van der Waals surface area (Å²) in [5.41, 5.74) is -8.45. The molecule has 1 atom stereocenters. The Morgan fingerprint density at radius 3 is 1.05 bits per heavy atom. The lowest BCUT2D eigenvalue weighted by molar-refractivity contribution is 0.381. The Morgan fingerprint density at radius 1 is 0.407 bits per heavy atom. The number of hydrogen-bond acceptors (Lipinski definition) is 0. The van der Waals surface area contributed by atoms with Crippen molar-refractivity contribution < 1.29 is 87.8 Å². The summed E-state index contributed by atoms with van der Waals surface area (Å²) in [6.45, 7) is -3.08. The second-order valence-corrected chi connectivity index (χ2v) is 17.9. The first kappa shape index (κ1) is 43.8. The van der Waals surface area contributed by atoms with Gasteiger partial charge in [0.25, 0.3) is 0 Å². The molecule has 0 amide bonds. The molecule has 1 heterocycles. The number of hydrogen-bond donors (Lipinski definition) is 0. The van der Waals surface area contributed by atoms with Crippen molar-refractivity contribution in [2.45, 2.75) is 25.5 Å². The maximum atomic E-state index is 16.1. The normalized spacial score (nSPS) is 16.3. The van der Waals surface area contributed by atoms with Gasteiger partial charge in [-0.1, -0.05) is 41.9 Å². The third-order valence-electron chi connectivity index (χ3n) is 11.0. The lowest BCUT2D eigenvalue weighted by Gasteiger charge is -2.48. The minimum Gasteiger partial charge on any atom is -0.207 e. The minimum absolute atomic E-state index is 0.311. The molecule has 5 aromatic rings. The summed E-state index contributed by atoms with van der Waals surface area (Å²) in [6, 6.07) is 5.61. The van der Waals surface area contributed by atoms with Gasteiger partial charge in [0.2, 0.25) is 12.6 Å². The van der Waals surface area contributed by atoms with Gasteiger partial charge in [0.1, 0.15) is 23.3 Å². The summed E-state index contributed by atoms with van der Waals surface area (Å²) in [4.78, 5) is 0. The molecule has 23 heteroatoms. The van der Waals surface area contributed by atoms with Crippen molar-refractivity contribution in [1.82, 2.24) is 0 Å². The monoisotopic (exact) mass is 882 g/mol. The standard InChI is InChI=1S/C36H17B2F20P/c39-17-13(18(40)26(48)33(55)25(17)47)37(14-19(41)27(49)34(56)28(50)20(14)42)8-4-10-59(12-6-2-1-3-7-12)11-5-9-38(59,15-21(43)29(51)35(57)30(52)22(15)44)16-23(45)31(53)36(58)32(54)24(16)46/h1-3,6-7H,4-5,8-11H2. The van der Waals surface area contributed by atoms with Gasteiger partial charge in [-0.3, -0.25) is 0 Å². The molecule has 1 unspecified atom stereocenters. The molecule has 0 nitrogen and oxygen atoms in total. The Bertz CT molecular complexity index is 2300. The van der Waals surface area contributed by atoms with E-state index in [1.807, 2.05) is 0 Å². The highest BCUT2D eigenvalue weighted by Gasteiger charge is 2.64. The van der Waals surface area contributed by atoms with Crippen LogP contribution in [0.3, 0.4) is 0 Å². The summed E-state index contributed by atoms with van der Waals surface area (Å²) in [5.74, 6) is -60.4. The van der Waals surface area contributed by atoms with Crippen molar-refractivity contribution in [2.24, 2.45) is 0 Å². The van der Waals surface area contributed by atoms with E-state index < -0.39 is 196 Å². The first-order chi connectivity index (χ1) is 27.6. The van der Waals surface area contributed by atoms with E-state index in [0.717, 1.165) is 24.3 Å². The van der Waals surface area contributed by atoms with Gasteiger partial charge in [-0.25, -0.2) is 87.8 Å². The van der Waals surface area contributed by atoms with Crippen LogP contribution in [0, 0.1) is 116 Å².